The lowest BCUT2D eigenvalue weighted by Crippen LogP contribution is -2.21. The van der Waals surface area contributed by atoms with E-state index in [2.05, 4.69) is 24.1 Å². The third-order valence-electron chi connectivity index (χ3n) is 4.26. The fourth-order valence-electron chi connectivity index (χ4n) is 2.87. The third kappa shape index (κ3) is 6.05. The molecule has 2 rings (SSSR count). The minimum Gasteiger partial charge on any atom is -0.490 e. The lowest BCUT2D eigenvalue weighted by molar-refractivity contribution is -0.111. The van der Waals surface area contributed by atoms with Crippen LogP contribution in [0.1, 0.15) is 33.3 Å². The van der Waals surface area contributed by atoms with Crippen molar-refractivity contribution in [3.8, 4) is 11.5 Å². The Labute approximate surface area is 168 Å². The first kappa shape index (κ1) is 21.4. The Hall–Kier alpha value is -2.95. The molecule has 0 atom stereocenters. The predicted molar refractivity (Wildman–Crippen MR) is 116 cm³/mol. The van der Waals surface area contributed by atoms with Crippen molar-refractivity contribution in [1.29, 1.82) is 0 Å². The second-order valence-corrected chi connectivity index (χ2v) is 6.11. The fourth-order valence-corrected chi connectivity index (χ4v) is 2.87. The van der Waals surface area contributed by atoms with E-state index >= 15 is 0 Å². The van der Waals surface area contributed by atoms with Gasteiger partial charge in [0.1, 0.15) is 0 Å². The molecule has 0 aromatic heterocycles. The molecular weight excluding hydrogens is 352 g/mol. The number of rotatable bonds is 10. The van der Waals surface area contributed by atoms with Crippen LogP contribution in [0.25, 0.3) is 6.08 Å². The second kappa shape index (κ2) is 11.0. The standard InChI is InChI=1S/C23H30N2O3/c1-5-25(6-2)20-13-11-19(12-14-20)24-23(26)16-10-18-9-15-21(27-7-3)22(17-18)28-8-4/h9-17H,5-8H2,1-4H3,(H,24,26). The minimum atomic E-state index is -0.178. The lowest BCUT2D eigenvalue weighted by Gasteiger charge is -2.21. The van der Waals surface area contributed by atoms with Gasteiger partial charge in [-0.15, -0.1) is 0 Å². The van der Waals surface area contributed by atoms with Crippen LogP contribution < -0.4 is 19.7 Å². The summed E-state index contributed by atoms with van der Waals surface area (Å²) in [5.41, 5.74) is 2.79. The van der Waals surface area contributed by atoms with Crippen molar-refractivity contribution in [3.05, 3.63) is 54.1 Å². The molecule has 0 bridgehead atoms. The maximum Gasteiger partial charge on any atom is 0.248 e. The van der Waals surface area contributed by atoms with Crippen molar-refractivity contribution in [2.75, 3.05) is 36.5 Å². The van der Waals surface area contributed by atoms with Crippen LogP contribution in [-0.2, 0) is 4.79 Å². The number of ether oxygens (including phenoxy) is 2. The minimum absolute atomic E-state index is 0.178. The van der Waals surface area contributed by atoms with Crippen molar-refractivity contribution in [1.82, 2.24) is 0 Å². The number of benzene rings is 2. The van der Waals surface area contributed by atoms with Crippen LogP contribution in [0.15, 0.2) is 48.5 Å². The molecule has 5 nitrogen and oxygen atoms in total. The number of carbonyl (C=O) groups excluding carboxylic acids is 1. The zero-order valence-corrected chi connectivity index (χ0v) is 17.2. The monoisotopic (exact) mass is 382 g/mol. The van der Waals surface area contributed by atoms with Crippen LogP contribution in [0.3, 0.4) is 0 Å². The maximum atomic E-state index is 12.2. The van der Waals surface area contributed by atoms with E-state index in [4.69, 9.17) is 9.47 Å². The summed E-state index contributed by atoms with van der Waals surface area (Å²) in [6.45, 7) is 11.2. The molecule has 0 unspecified atom stereocenters. The Bertz CT molecular complexity index is 781. The highest BCUT2D eigenvalue weighted by Gasteiger charge is 2.06. The van der Waals surface area contributed by atoms with Crippen molar-refractivity contribution < 1.29 is 14.3 Å². The highest BCUT2D eigenvalue weighted by molar-refractivity contribution is 6.02. The van der Waals surface area contributed by atoms with Crippen molar-refractivity contribution in [2.24, 2.45) is 0 Å². The molecule has 0 saturated heterocycles. The molecule has 0 aliphatic rings. The third-order valence-corrected chi connectivity index (χ3v) is 4.26. The highest BCUT2D eigenvalue weighted by atomic mass is 16.5. The molecule has 5 heteroatoms. The molecule has 28 heavy (non-hydrogen) atoms. The number of amides is 1. The number of anilines is 2. The summed E-state index contributed by atoms with van der Waals surface area (Å²) in [5.74, 6) is 1.21. The first-order valence-corrected chi connectivity index (χ1v) is 9.84. The first-order valence-electron chi connectivity index (χ1n) is 9.84. The predicted octanol–water partition coefficient (Wildman–Crippen LogP) is 4.98. The summed E-state index contributed by atoms with van der Waals surface area (Å²) in [6, 6.07) is 13.5. The van der Waals surface area contributed by atoms with Gasteiger partial charge in [0.15, 0.2) is 11.5 Å². The topological polar surface area (TPSA) is 50.8 Å². The Balaban J connectivity index is 2.02. The molecular formula is C23H30N2O3. The van der Waals surface area contributed by atoms with Gasteiger partial charge in [-0.2, -0.15) is 0 Å². The number of nitrogens with one attached hydrogen (secondary N) is 1. The Morgan fingerprint density at radius 2 is 1.57 bits per heavy atom. The smallest absolute Gasteiger partial charge is 0.248 e. The van der Waals surface area contributed by atoms with Crippen molar-refractivity contribution in [3.63, 3.8) is 0 Å². The van der Waals surface area contributed by atoms with E-state index in [-0.39, 0.29) is 5.91 Å². The zero-order valence-electron chi connectivity index (χ0n) is 17.2. The molecule has 0 heterocycles. The number of nitrogens with zero attached hydrogens (tertiary/aromatic N) is 1. The van der Waals surface area contributed by atoms with E-state index in [1.165, 1.54) is 6.08 Å². The van der Waals surface area contributed by atoms with Gasteiger partial charge in [-0.1, -0.05) is 6.07 Å². The van der Waals surface area contributed by atoms with Gasteiger partial charge in [-0.25, -0.2) is 0 Å². The summed E-state index contributed by atoms with van der Waals surface area (Å²) >= 11 is 0. The van der Waals surface area contributed by atoms with Gasteiger partial charge in [0.2, 0.25) is 5.91 Å². The summed E-state index contributed by atoms with van der Waals surface area (Å²) in [5, 5.41) is 2.89. The van der Waals surface area contributed by atoms with E-state index in [0.29, 0.717) is 24.7 Å². The molecule has 2 aromatic rings. The molecule has 0 spiro atoms. The Morgan fingerprint density at radius 3 is 2.18 bits per heavy atom. The van der Waals surface area contributed by atoms with Crippen LogP contribution >= 0.6 is 0 Å². The molecule has 0 aliphatic carbocycles. The summed E-state index contributed by atoms with van der Waals surface area (Å²) in [6.07, 6.45) is 3.28. The van der Waals surface area contributed by atoms with Crippen LogP contribution in [0, 0.1) is 0 Å². The molecule has 1 amide bonds. The number of hydrogen-bond acceptors (Lipinski definition) is 4. The van der Waals surface area contributed by atoms with E-state index in [1.807, 2.05) is 56.3 Å². The van der Waals surface area contributed by atoms with Crippen molar-refractivity contribution >= 4 is 23.4 Å². The van der Waals surface area contributed by atoms with Gasteiger partial charge in [0.25, 0.3) is 0 Å². The highest BCUT2D eigenvalue weighted by Crippen LogP contribution is 2.29. The second-order valence-electron chi connectivity index (χ2n) is 6.11. The van der Waals surface area contributed by atoms with Gasteiger partial charge in [-0.3, -0.25) is 4.79 Å². The first-order chi connectivity index (χ1) is 13.6. The summed E-state index contributed by atoms with van der Waals surface area (Å²) < 4.78 is 11.2. The Kier molecular flexibility index (Phi) is 8.40. The summed E-state index contributed by atoms with van der Waals surface area (Å²) in [7, 11) is 0. The van der Waals surface area contributed by atoms with E-state index < -0.39 is 0 Å². The van der Waals surface area contributed by atoms with Crippen LogP contribution in [-0.4, -0.2) is 32.2 Å². The van der Waals surface area contributed by atoms with Crippen LogP contribution in [0.2, 0.25) is 0 Å². The number of carbonyl (C=O) groups is 1. The van der Waals surface area contributed by atoms with Gasteiger partial charge in [-0.05, 0) is 75.7 Å². The molecule has 0 saturated carbocycles. The maximum absolute atomic E-state index is 12.2. The van der Waals surface area contributed by atoms with Gasteiger partial charge in [0, 0.05) is 30.5 Å². The SMILES string of the molecule is CCOc1ccc(C=CC(=O)Nc2ccc(N(CC)CC)cc2)cc1OCC. The largest absolute Gasteiger partial charge is 0.490 e. The zero-order chi connectivity index (χ0) is 20.4. The molecule has 0 radical (unpaired) electrons. The van der Waals surface area contributed by atoms with Gasteiger partial charge < -0.3 is 19.7 Å². The van der Waals surface area contributed by atoms with Crippen LogP contribution in [0.5, 0.6) is 11.5 Å². The van der Waals surface area contributed by atoms with Crippen molar-refractivity contribution in [2.45, 2.75) is 27.7 Å². The summed E-state index contributed by atoms with van der Waals surface area (Å²) in [4.78, 5) is 14.5. The van der Waals surface area contributed by atoms with Gasteiger partial charge >= 0.3 is 0 Å². The average molecular weight is 383 g/mol. The Morgan fingerprint density at radius 1 is 0.929 bits per heavy atom. The van der Waals surface area contributed by atoms with E-state index in [1.54, 1.807) is 6.08 Å². The van der Waals surface area contributed by atoms with Gasteiger partial charge in [0.05, 0.1) is 13.2 Å². The molecule has 2 aromatic carbocycles. The quantitative estimate of drug-likeness (QED) is 0.589. The number of hydrogen-bond donors (Lipinski definition) is 1. The molecule has 0 aliphatic heterocycles. The average Bonchev–Trinajstić information content (AvgIpc) is 2.70. The molecule has 0 fully saturated rings. The molecule has 1 N–H and O–H groups in total. The molecule has 150 valence electrons. The van der Waals surface area contributed by atoms with E-state index in [9.17, 15) is 4.79 Å². The lowest BCUT2D eigenvalue weighted by atomic mass is 10.2. The normalized spacial score (nSPS) is 10.7. The van der Waals surface area contributed by atoms with E-state index in [0.717, 1.165) is 30.0 Å². The fraction of sp³-hybridized carbons (Fsp3) is 0.348. The van der Waals surface area contributed by atoms with Crippen LogP contribution in [0.4, 0.5) is 11.4 Å².